The summed E-state index contributed by atoms with van der Waals surface area (Å²) >= 11 is 4.50. The highest BCUT2D eigenvalue weighted by Crippen LogP contribution is 2.51. The first-order valence-electron chi connectivity index (χ1n) is 8.46. The van der Waals surface area contributed by atoms with Crippen molar-refractivity contribution in [2.24, 2.45) is 0 Å². The topological polar surface area (TPSA) is 38.7 Å². The van der Waals surface area contributed by atoms with Gasteiger partial charge < -0.3 is 14.6 Å². The molecule has 0 heterocycles. The van der Waals surface area contributed by atoms with Crippen molar-refractivity contribution in [2.75, 3.05) is 14.2 Å². The van der Waals surface area contributed by atoms with E-state index in [9.17, 15) is 9.50 Å². The third-order valence-electron chi connectivity index (χ3n) is 4.68. The molecule has 0 aliphatic carbocycles. The van der Waals surface area contributed by atoms with E-state index < -0.39 is 0 Å². The minimum atomic E-state index is -0.360. The highest BCUT2D eigenvalue weighted by atomic mass is 32.1. The van der Waals surface area contributed by atoms with Gasteiger partial charge in [-0.3, -0.25) is 0 Å². The van der Waals surface area contributed by atoms with Gasteiger partial charge in [-0.05, 0) is 42.4 Å². The molecule has 3 nitrogen and oxygen atoms in total. The van der Waals surface area contributed by atoms with Gasteiger partial charge in [0.25, 0.3) is 0 Å². The Morgan fingerprint density at radius 3 is 2.46 bits per heavy atom. The molecule has 142 valence electrons. The molecule has 2 aromatic carbocycles. The zero-order valence-corrected chi connectivity index (χ0v) is 17.7. The van der Waals surface area contributed by atoms with Gasteiger partial charge in [-0.15, -0.1) is 0 Å². The second-order valence-electron chi connectivity index (χ2n) is 6.44. The minimum absolute atomic E-state index is 0.0808. The van der Waals surface area contributed by atoms with Crippen molar-refractivity contribution in [3.8, 4) is 17.2 Å². The number of halogens is 1. The van der Waals surface area contributed by atoms with Crippen molar-refractivity contribution in [1.29, 1.82) is 0 Å². The van der Waals surface area contributed by atoms with Crippen LogP contribution < -0.4 is 14.8 Å². The van der Waals surface area contributed by atoms with Crippen molar-refractivity contribution < 1.29 is 19.0 Å². The van der Waals surface area contributed by atoms with E-state index in [0.717, 1.165) is 22.9 Å². The van der Waals surface area contributed by atoms with Crippen LogP contribution in [0.25, 0.3) is 0 Å². The van der Waals surface area contributed by atoms with Gasteiger partial charge in [0.15, 0.2) is 11.5 Å². The number of hydrogen-bond acceptors (Lipinski definition) is 4. The Kier molecular flexibility index (Phi) is 6.81. The highest BCUT2D eigenvalue weighted by Gasteiger charge is 2.31. The van der Waals surface area contributed by atoms with E-state index in [1.165, 1.54) is 13.2 Å². The normalized spacial score (nSPS) is 15.0. The first-order valence-corrected chi connectivity index (χ1v) is 9.98. The highest BCUT2D eigenvalue weighted by molar-refractivity contribution is 7.80. The molecule has 0 saturated carbocycles. The number of phenols is 1. The van der Waals surface area contributed by atoms with Gasteiger partial charge in [-0.25, -0.2) is 4.39 Å². The summed E-state index contributed by atoms with van der Waals surface area (Å²) in [6.45, 7) is 6.10. The summed E-state index contributed by atoms with van der Waals surface area (Å²) in [7, 11) is 3.42. The number of thiol groups is 1. The van der Waals surface area contributed by atoms with Crippen LogP contribution in [-0.2, 0) is 5.16 Å². The lowest BCUT2D eigenvalue weighted by molar-refractivity contribution is 0.357. The number of benzene rings is 2. The van der Waals surface area contributed by atoms with E-state index in [2.05, 4.69) is 26.5 Å². The largest absolute Gasteiger partial charge is 0.504 e. The summed E-state index contributed by atoms with van der Waals surface area (Å²) in [5.41, 5.74) is 1.64. The maximum absolute atomic E-state index is 13.7. The summed E-state index contributed by atoms with van der Waals surface area (Å²) < 4.78 is 24.4. The Labute approximate surface area is 162 Å². The minimum Gasteiger partial charge on any atom is -0.504 e. The molecule has 0 fully saturated rings. The molecule has 0 aromatic heterocycles. The molecular formula is C20H26FO3PS. The standard InChI is InChI=1S/C20H26FO3PS/c1-6-20(3,16-10-14(23-4)11-17(24-5)19(16)22)25-18-8-7-13(21)9-15(18)12(2)26/h7-12,22,25-26H,6H2,1-5H3. The van der Waals surface area contributed by atoms with E-state index in [-0.39, 0.29) is 22.0 Å². The van der Waals surface area contributed by atoms with Gasteiger partial charge in [0.2, 0.25) is 0 Å². The van der Waals surface area contributed by atoms with Gasteiger partial charge in [-0.2, -0.15) is 12.6 Å². The van der Waals surface area contributed by atoms with Gasteiger partial charge in [0.05, 0.1) is 14.2 Å². The summed E-state index contributed by atoms with van der Waals surface area (Å²) in [5.74, 6) is 0.859. The average Bonchev–Trinajstić information content (AvgIpc) is 2.63. The lowest BCUT2D eigenvalue weighted by Crippen LogP contribution is -2.21. The molecule has 6 heteroatoms. The molecule has 2 rings (SSSR count). The zero-order valence-electron chi connectivity index (χ0n) is 15.8. The number of methoxy groups -OCH3 is 2. The molecule has 0 spiro atoms. The smallest absolute Gasteiger partial charge is 0.164 e. The molecule has 0 aliphatic rings. The van der Waals surface area contributed by atoms with Gasteiger partial charge in [-0.1, -0.05) is 28.5 Å². The number of phenolic OH excluding ortho intramolecular Hbond substituents is 1. The first kappa shape index (κ1) is 20.9. The Morgan fingerprint density at radius 2 is 1.92 bits per heavy atom. The maximum atomic E-state index is 13.7. The van der Waals surface area contributed by atoms with Crippen LogP contribution in [0.2, 0.25) is 0 Å². The van der Waals surface area contributed by atoms with Crippen LogP contribution >= 0.6 is 21.2 Å². The van der Waals surface area contributed by atoms with E-state index in [4.69, 9.17) is 9.47 Å². The fraction of sp³-hybridized carbons (Fsp3) is 0.400. The number of aromatic hydroxyl groups is 1. The van der Waals surface area contributed by atoms with E-state index in [1.807, 2.05) is 19.1 Å². The zero-order chi connectivity index (χ0) is 19.5. The van der Waals surface area contributed by atoms with Crippen molar-refractivity contribution in [1.82, 2.24) is 0 Å². The third kappa shape index (κ3) is 4.27. The number of ether oxygens (including phenoxy) is 2. The monoisotopic (exact) mass is 396 g/mol. The van der Waals surface area contributed by atoms with Crippen LogP contribution in [0.5, 0.6) is 17.2 Å². The number of hydrogen-bond donors (Lipinski definition) is 2. The predicted octanol–water partition coefficient (Wildman–Crippen LogP) is 5.17. The molecule has 3 atom stereocenters. The Morgan fingerprint density at radius 1 is 1.23 bits per heavy atom. The van der Waals surface area contributed by atoms with Crippen LogP contribution in [0.15, 0.2) is 30.3 Å². The summed E-state index contributed by atoms with van der Waals surface area (Å²) in [5, 5.41) is 11.3. The molecule has 0 radical (unpaired) electrons. The molecule has 0 aliphatic heterocycles. The van der Waals surface area contributed by atoms with Gasteiger partial charge >= 0.3 is 0 Å². The van der Waals surface area contributed by atoms with Crippen molar-refractivity contribution >= 4 is 26.5 Å². The van der Waals surface area contributed by atoms with Gasteiger partial charge in [0.1, 0.15) is 11.6 Å². The lowest BCUT2D eigenvalue weighted by atomic mass is 9.95. The van der Waals surface area contributed by atoms with Crippen LogP contribution in [0.3, 0.4) is 0 Å². The van der Waals surface area contributed by atoms with Crippen molar-refractivity contribution in [2.45, 2.75) is 37.6 Å². The molecule has 0 amide bonds. The fourth-order valence-electron chi connectivity index (χ4n) is 2.91. The lowest BCUT2D eigenvalue weighted by Gasteiger charge is -2.32. The van der Waals surface area contributed by atoms with E-state index in [1.54, 1.807) is 19.2 Å². The Hall–Kier alpha value is -1.45. The SMILES string of the molecule is CCC(C)(Pc1ccc(F)cc1C(C)S)c1cc(OC)cc(OC)c1O. The quantitative estimate of drug-likeness (QED) is 0.501. The maximum Gasteiger partial charge on any atom is 0.164 e. The third-order valence-corrected chi connectivity index (χ3v) is 6.86. The second-order valence-corrected chi connectivity index (χ2v) is 9.11. The molecule has 2 aromatic rings. The summed E-state index contributed by atoms with van der Waals surface area (Å²) in [4.78, 5) is 0. The van der Waals surface area contributed by atoms with E-state index in [0.29, 0.717) is 20.1 Å². The molecule has 26 heavy (non-hydrogen) atoms. The second kappa shape index (κ2) is 8.49. The summed E-state index contributed by atoms with van der Waals surface area (Å²) in [6.07, 6.45) is 0.785. The molecular weight excluding hydrogens is 370 g/mol. The van der Waals surface area contributed by atoms with E-state index >= 15 is 0 Å². The van der Waals surface area contributed by atoms with Crippen LogP contribution in [0, 0.1) is 5.82 Å². The number of rotatable bonds is 7. The Bertz CT molecular complexity index is 782. The molecule has 0 saturated heterocycles. The first-order chi connectivity index (χ1) is 12.3. The van der Waals surface area contributed by atoms with Gasteiger partial charge in [0, 0.05) is 22.0 Å². The van der Waals surface area contributed by atoms with Crippen LogP contribution in [0.4, 0.5) is 4.39 Å². The fourth-order valence-corrected chi connectivity index (χ4v) is 4.94. The molecule has 1 N–H and O–H groups in total. The van der Waals surface area contributed by atoms with Crippen LogP contribution in [-0.4, -0.2) is 19.3 Å². The van der Waals surface area contributed by atoms with Crippen LogP contribution in [0.1, 0.15) is 43.6 Å². The molecule has 3 unspecified atom stereocenters. The Balaban J connectivity index is 2.57. The molecule has 0 bridgehead atoms. The predicted molar refractivity (Wildman–Crippen MR) is 111 cm³/mol. The summed E-state index contributed by atoms with van der Waals surface area (Å²) in [6, 6.07) is 8.35. The van der Waals surface area contributed by atoms with Crippen molar-refractivity contribution in [3.05, 3.63) is 47.3 Å². The van der Waals surface area contributed by atoms with Crippen molar-refractivity contribution in [3.63, 3.8) is 0 Å². The average molecular weight is 396 g/mol.